The van der Waals surface area contributed by atoms with Gasteiger partial charge in [0.15, 0.2) is 0 Å². The summed E-state index contributed by atoms with van der Waals surface area (Å²) in [6, 6.07) is 6.61. The van der Waals surface area contributed by atoms with Crippen LogP contribution in [0.25, 0.3) is 0 Å². The molecule has 4 rings (SSSR count). The zero-order valence-electron chi connectivity index (χ0n) is 15.8. The number of hydrogen-bond donors (Lipinski definition) is 1. The second-order valence-electron chi connectivity index (χ2n) is 6.75. The van der Waals surface area contributed by atoms with Crippen molar-refractivity contribution >= 4 is 33.0 Å². The van der Waals surface area contributed by atoms with Gasteiger partial charge in [0, 0.05) is 12.6 Å². The highest BCUT2D eigenvalue weighted by Crippen LogP contribution is 2.37. The minimum Gasteiger partial charge on any atom is -0.317 e. The van der Waals surface area contributed by atoms with Gasteiger partial charge in [-0.05, 0) is 49.2 Å². The van der Waals surface area contributed by atoms with Crippen LogP contribution in [0.15, 0.2) is 47.4 Å². The molecular weight excluding hydrogens is 453 g/mol. The van der Waals surface area contributed by atoms with E-state index in [4.69, 9.17) is 0 Å². The van der Waals surface area contributed by atoms with Gasteiger partial charge in [-0.25, -0.2) is 21.6 Å². The number of nitrogens with zero attached hydrogens (tertiary/aromatic N) is 3. The number of hydrogen-bond acceptors (Lipinski definition) is 6. The Morgan fingerprint density at radius 2 is 1.77 bits per heavy atom. The molecule has 12 heteroatoms. The molecule has 1 aliphatic heterocycles. The Morgan fingerprint density at radius 3 is 2.48 bits per heavy atom. The van der Waals surface area contributed by atoms with Gasteiger partial charge in [-0.2, -0.15) is 4.31 Å². The maximum atomic E-state index is 13.8. The molecule has 0 spiro atoms. The van der Waals surface area contributed by atoms with Crippen molar-refractivity contribution in [3.05, 3.63) is 69.9 Å². The van der Waals surface area contributed by atoms with Gasteiger partial charge in [0.2, 0.25) is 15.0 Å². The Labute approximate surface area is 179 Å². The van der Waals surface area contributed by atoms with Crippen LogP contribution in [0.2, 0.25) is 0 Å². The summed E-state index contributed by atoms with van der Waals surface area (Å²) in [5.41, 5.74) is -0.218. The zero-order valence-corrected chi connectivity index (χ0v) is 17.4. The van der Waals surface area contributed by atoms with Crippen LogP contribution in [0.3, 0.4) is 0 Å². The fourth-order valence-corrected chi connectivity index (χ4v) is 5.86. The molecule has 2 aromatic carbocycles. The first-order valence-corrected chi connectivity index (χ1v) is 11.4. The number of carbonyl (C=O) groups excluding carboxylic acids is 1. The second-order valence-corrected chi connectivity index (χ2v) is 9.65. The topological polar surface area (TPSA) is 92.3 Å². The third kappa shape index (κ3) is 4.31. The van der Waals surface area contributed by atoms with E-state index in [1.54, 1.807) is 0 Å². The number of amides is 1. The fourth-order valence-electron chi connectivity index (χ4n) is 3.24. The number of sulfonamides is 1. The molecular formula is C19H15F3N4O3S2. The van der Waals surface area contributed by atoms with E-state index < -0.39 is 39.4 Å². The summed E-state index contributed by atoms with van der Waals surface area (Å²) in [7, 11) is -3.90. The molecule has 0 bridgehead atoms. The monoisotopic (exact) mass is 468 g/mol. The number of aromatic nitrogens is 2. The van der Waals surface area contributed by atoms with E-state index in [0.29, 0.717) is 23.9 Å². The van der Waals surface area contributed by atoms with Crippen LogP contribution in [0.4, 0.5) is 18.9 Å². The molecule has 1 fully saturated rings. The highest BCUT2D eigenvalue weighted by molar-refractivity contribution is 7.89. The van der Waals surface area contributed by atoms with Crippen molar-refractivity contribution in [2.24, 2.45) is 0 Å². The molecule has 1 saturated heterocycles. The van der Waals surface area contributed by atoms with Crippen LogP contribution in [0.1, 0.15) is 33.7 Å². The molecule has 1 aliphatic rings. The average molecular weight is 468 g/mol. The minimum atomic E-state index is -3.90. The van der Waals surface area contributed by atoms with Gasteiger partial charge in [-0.3, -0.25) is 4.79 Å². The summed E-state index contributed by atoms with van der Waals surface area (Å²) in [6.07, 6.45) is 1.05. The molecule has 1 aromatic heterocycles. The third-order valence-corrected chi connectivity index (χ3v) is 7.67. The largest absolute Gasteiger partial charge is 0.317 e. The lowest BCUT2D eigenvalue weighted by Gasteiger charge is -2.22. The van der Waals surface area contributed by atoms with E-state index in [-0.39, 0.29) is 22.1 Å². The summed E-state index contributed by atoms with van der Waals surface area (Å²) in [4.78, 5) is 12.3. The Bertz CT molecular complexity index is 1230. The molecule has 1 N–H and O–H groups in total. The third-order valence-electron chi connectivity index (χ3n) is 4.72. The molecule has 0 saturated carbocycles. The number of nitrogens with one attached hydrogen (secondary N) is 1. The highest BCUT2D eigenvalue weighted by atomic mass is 32.2. The lowest BCUT2D eigenvalue weighted by molar-refractivity contribution is 0.102. The van der Waals surface area contributed by atoms with Crippen LogP contribution in [-0.4, -0.2) is 35.4 Å². The van der Waals surface area contributed by atoms with Crippen LogP contribution in [0.5, 0.6) is 0 Å². The first-order valence-electron chi connectivity index (χ1n) is 9.13. The molecule has 0 aliphatic carbocycles. The maximum absolute atomic E-state index is 13.8. The number of rotatable bonds is 5. The Kier molecular flexibility index (Phi) is 5.77. The van der Waals surface area contributed by atoms with Crippen LogP contribution < -0.4 is 5.32 Å². The van der Waals surface area contributed by atoms with Gasteiger partial charge in [-0.15, -0.1) is 10.2 Å². The predicted molar refractivity (Wildman–Crippen MR) is 106 cm³/mol. The van der Waals surface area contributed by atoms with Crippen LogP contribution >= 0.6 is 11.3 Å². The average Bonchev–Trinajstić information content (AvgIpc) is 3.40. The van der Waals surface area contributed by atoms with E-state index in [0.717, 1.165) is 35.6 Å². The summed E-state index contributed by atoms with van der Waals surface area (Å²) < 4.78 is 67.2. The molecule has 162 valence electrons. The molecule has 1 atom stereocenters. The van der Waals surface area contributed by atoms with E-state index in [9.17, 15) is 26.4 Å². The van der Waals surface area contributed by atoms with Crippen molar-refractivity contribution in [1.29, 1.82) is 0 Å². The predicted octanol–water partition coefficient (Wildman–Crippen LogP) is 3.73. The van der Waals surface area contributed by atoms with E-state index in [1.807, 2.05) is 0 Å². The highest BCUT2D eigenvalue weighted by Gasteiger charge is 2.38. The van der Waals surface area contributed by atoms with Gasteiger partial charge < -0.3 is 5.32 Å². The van der Waals surface area contributed by atoms with Crippen molar-refractivity contribution in [1.82, 2.24) is 14.5 Å². The van der Waals surface area contributed by atoms with Crippen LogP contribution in [-0.2, 0) is 10.0 Å². The maximum Gasteiger partial charge on any atom is 0.286 e. The van der Waals surface area contributed by atoms with Crippen molar-refractivity contribution in [3.8, 4) is 0 Å². The molecule has 7 nitrogen and oxygen atoms in total. The first kappa shape index (κ1) is 21.4. The van der Waals surface area contributed by atoms with Gasteiger partial charge in [0.1, 0.15) is 22.5 Å². The van der Waals surface area contributed by atoms with Gasteiger partial charge in [0.05, 0.1) is 16.6 Å². The van der Waals surface area contributed by atoms with E-state index >= 15 is 0 Å². The number of benzene rings is 2. The number of carbonyl (C=O) groups is 1. The Hall–Kier alpha value is -2.83. The molecule has 3 aromatic rings. The van der Waals surface area contributed by atoms with Gasteiger partial charge >= 0.3 is 0 Å². The lowest BCUT2D eigenvalue weighted by Crippen LogP contribution is -2.30. The Morgan fingerprint density at radius 1 is 1.06 bits per heavy atom. The second kappa shape index (κ2) is 8.36. The SMILES string of the molecule is O=C(Nc1ccc(F)cc1F)c1nnc([C@H]2CCCN2S(=O)(=O)c2ccc(F)cc2)s1. The quantitative estimate of drug-likeness (QED) is 0.616. The molecule has 0 unspecified atom stereocenters. The summed E-state index contributed by atoms with van der Waals surface area (Å²) >= 11 is 0.887. The summed E-state index contributed by atoms with van der Waals surface area (Å²) in [5.74, 6) is -3.02. The standard InChI is InChI=1S/C19H15F3N4O3S2/c20-11-3-6-13(7-4-11)31(28,29)26-9-1-2-16(26)18-24-25-19(30-18)17(27)23-15-8-5-12(21)10-14(15)22/h3-8,10,16H,1-2,9H2,(H,23,27)/t16-/m1/s1. The smallest absolute Gasteiger partial charge is 0.286 e. The molecule has 2 heterocycles. The lowest BCUT2D eigenvalue weighted by atomic mass is 10.2. The van der Waals surface area contributed by atoms with Crippen molar-refractivity contribution in [2.45, 2.75) is 23.8 Å². The fraction of sp³-hybridized carbons (Fsp3) is 0.211. The minimum absolute atomic E-state index is 0.0462. The van der Waals surface area contributed by atoms with Crippen molar-refractivity contribution < 1.29 is 26.4 Å². The van der Waals surface area contributed by atoms with E-state index in [2.05, 4.69) is 15.5 Å². The van der Waals surface area contributed by atoms with Crippen molar-refractivity contribution in [3.63, 3.8) is 0 Å². The van der Waals surface area contributed by atoms with Crippen molar-refractivity contribution in [2.75, 3.05) is 11.9 Å². The van der Waals surface area contributed by atoms with E-state index in [1.165, 1.54) is 16.4 Å². The molecule has 31 heavy (non-hydrogen) atoms. The summed E-state index contributed by atoms with van der Waals surface area (Å²) in [5, 5.41) is 10.3. The molecule has 1 amide bonds. The van der Waals surface area contributed by atoms with Crippen LogP contribution in [0, 0.1) is 17.5 Å². The normalized spacial score (nSPS) is 17.1. The number of anilines is 1. The van der Waals surface area contributed by atoms with Gasteiger partial charge in [0.25, 0.3) is 5.91 Å². The number of halogens is 3. The molecule has 0 radical (unpaired) electrons. The Balaban J connectivity index is 1.55. The zero-order chi connectivity index (χ0) is 22.2. The first-order chi connectivity index (χ1) is 14.8. The summed E-state index contributed by atoms with van der Waals surface area (Å²) in [6.45, 7) is 0.242. The van der Waals surface area contributed by atoms with Gasteiger partial charge in [-0.1, -0.05) is 11.3 Å².